The summed E-state index contributed by atoms with van der Waals surface area (Å²) in [6.07, 6.45) is 1.27. The Morgan fingerprint density at radius 2 is 2.00 bits per heavy atom. The molecule has 2 rings (SSSR count). The highest BCUT2D eigenvalue weighted by Gasteiger charge is 2.16. The van der Waals surface area contributed by atoms with E-state index in [9.17, 15) is 4.79 Å². The van der Waals surface area contributed by atoms with Gasteiger partial charge < -0.3 is 14.7 Å². The molecule has 0 aromatic heterocycles. The first-order chi connectivity index (χ1) is 10.2. The molecule has 1 N–H and O–H groups in total. The average Bonchev–Trinajstić information content (AvgIpc) is 2.50. The molecule has 6 heteroatoms. The van der Waals surface area contributed by atoms with Crippen LogP contribution in [0.1, 0.15) is 15.9 Å². The second-order valence-corrected chi connectivity index (χ2v) is 5.20. The molecule has 0 aliphatic rings. The molecule has 0 heterocycles. The lowest BCUT2D eigenvalue weighted by molar-refractivity contribution is 0.0728. The van der Waals surface area contributed by atoms with Crippen LogP contribution in [-0.4, -0.2) is 24.5 Å². The summed E-state index contributed by atoms with van der Waals surface area (Å²) in [6, 6.07) is 12.0. The molecular formula is C15H12INO4. The van der Waals surface area contributed by atoms with Crippen LogP contribution >= 0.6 is 22.6 Å². The summed E-state index contributed by atoms with van der Waals surface area (Å²) >= 11 is 2.03. The topological polar surface area (TPSA) is 68.1 Å². The van der Waals surface area contributed by atoms with Crippen LogP contribution in [-0.2, 0) is 0 Å². The molecule has 0 spiro atoms. The van der Waals surface area contributed by atoms with Gasteiger partial charge in [0.15, 0.2) is 11.5 Å². The van der Waals surface area contributed by atoms with Crippen molar-refractivity contribution in [3.05, 3.63) is 57.2 Å². The zero-order chi connectivity index (χ0) is 15.2. The van der Waals surface area contributed by atoms with Crippen LogP contribution in [0.4, 0.5) is 0 Å². The number of carbonyl (C=O) groups is 1. The Hall–Kier alpha value is -2.09. The van der Waals surface area contributed by atoms with Gasteiger partial charge >= 0.3 is 5.97 Å². The predicted octanol–water partition coefficient (Wildman–Crippen LogP) is 3.33. The van der Waals surface area contributed by atoms with Crippen LogP contribution in [0.25, 0.3) is 0 Å². The van der Waals surface area contributed by atoms with E-state index in [1.165, 1.54) is 13.3 Å². The fourth-order valence-corrected chi connectivity index (χ4v) is 2.44. The number of hydrogen-bond acceptors (Lipinski definition) is 5. The smallest absolute Gasteiger partial charge is 0.343 e. The number of halogens is 1. The fraction of sp³-hybridized carbons (Fsp3) is 0.0667. The van der Waals surface area contributed by atoms with Gasteiger partial charge in [0, 0.05) is 5.56 Å². The SMILES string of the molecule is COc1cc(/C=N\O)cc(I)c1OC(=O)c1ccccc1. The van der Waals surface area contributed by atoms with Gasteiger partial charge in [-0.2, -0.15) is 0 Å². The fourth-order valence-electron chi connectivity index (χ4n) is 1.71. The minimum atomic E-state index is -0.463. The third kappa shape index (κ3) is 3.72. The van der Waals surface area contributed by atoms with Gasteiger partial charge in [-0.25, -0.2) is 4.79 Å². The average molecular weight is 397 g/mol. The predicted molar refractivity (Wildman–Crippen MR) is 86.5 cm³/mol. The molecule has 0 unspecified atom stereocenters. The molecule has 0 bridgehead atoms. The monoisotopic (exact) mass is 397 g/mol. The first-order valence-corrected chi connectivity index (χ1v) is 7.05. The van der Waals surface area contributed by atoms with Gasteiger partial charge in [-0.15, -0.1) is 0 Å². The van der Waals surface area contributed by atoms with Crippen LogP contribution in [0.2, 0.25) is 0 Å². The third-order valence-electron chi connectivity index (χ3n) is 2.66. The molecule has 5 nitrogen and oxygen atoms in total. The number of methoxy groups -OCH3 is 1. The molecule has 0 radical (unpaired) electrons. The highest BCUT2D eigenvalue weighted by molar-refractivity contribution is 14.1. The maximum absolute atomic E-state index is 12.1. The van der Waals surface area contributed by atoms with E-state index in [4.69, 9.17) is 14.7 Å². The Labute approximate surface area is 135 Å². The highest BCUT2D eigenvalue weighted by Crippen LogP contribution is 2.34. The number of carbonyl (C=O) groups excluding carboxylic acids is 1. The van der Waals surface area contributed by atoms with Gasteiger partial charge in [-0.1, -0.05) is 23.4 Å². The zero-order valence-corrected chi connectivity index (χ0v) is 13.3. The number of oxime groups is 1. The second kappa shape index (κ2) is 7.07. The summed E-state index contributed by atoms with van der Waals surface area (Å²) in [6.45, 7) is 0. The van der Waals surface area contributed by atoms with Crippen molar-refractivity contribution in [1.29, 1.82) is 0 Å². The van der Waals surface area contributed by atoms with E-state index in [1.807, 2.05) is 28.7 Å². The molecule has 0 atom stereocenters. The summed E-state index contributed by atoms with van der Waals surface area (Å²) in [4.78, 5) is 12.1. The van der Waals surface area contributed by atoms with E-state index >= 15 is 0 Å². The Morgan fingerprint density at radius 1 is 1.29 bits per heavy atom. The molecule has 108 valence electrons. The maximum atomic E-state index is 12.1. The molecule has 0 aliphatic heterocycles. The Kier molecular flexibility index (Phi) is 5.15. The lowest BCUT2D eigenvalue weighted by Crippen LogP contribution is -2.10. The summed E-state index contributed by atoms with van der Waals surface area (Å²) in [5.41, 5.74) is 1.09. The van der Waals surface area contributed by atoms with Crippen LogP contribution in [0.5, 0.6) is 11.5 Å². The first-order valence-electron chi connectivity index (χ1n) is 5.98. The molecule has 0 fully saturated rings. The van der Waals surface area contributed by atoms with Gasteiger partial charge in [0.05, 0.1) is 22.5 Å². The van der Waals surface area contributed by atoms with Gasteiger partial charge in [0.2, 0.25) is 0 Å². The maximum Gasteiger partial charge on any atom is 0.343 e. The minimum Gasteiger partial charge on any atom is -0.493 e. The molecular weight excluding hydrogens is 385 g/mol. The molecule has 0 saturated carbocycles. The van der Waals surface area contributed by atoms with E-state index < -0.39 is 5.97 Å². The Bertz CT molecular complexity index is 671. The molecule has 0 amide bonds. The van der Waals surface area contributed by atoms with Crippen molar-refractivity contribution in [3.8, 4) is 11.5 Å². The normalized spacial score (nSPS) is 10.6. The van der Waals surface area contributed by atoms with Gasteiger partial charge in [0.1, 0.15) is 0 Å². The van der Waals surface area contributed by atoms with Gasteiger partial charge in [-0.3, -0.25) is 0 Å². The van der Waals surface area contributed by atoms with Crippen LogP contribution < -0.4 is 9.47 Å². The van der Waals surface area contributed by atoms with Gasteiger partial charge in [0.25, 0.3) is 0 Å². The van der Waals surface area contributed by atoms with E-state index in [1.54, 1.807) is 36.4 Å². The van der Waals surface area contributed by atoms with Crippen molar-refractivity contribution in [1.82, 2.24) is 0 Å². The Balaban J connectivity index is 2.33. The van der Waals surface area contributed by atoms with Gasteiger partial charge in [-0.05, 0) is 46.9 Å². The van der Waals surface area contributed by atoms with E-state index in [2.05, 4.69) is 5.16 Å². The largest absolute Gasteiger partial charge is 0.493 e. The molecule has 21 heavy (non-hydrogen) atoms. The van der Waals surface area contributed by atoms with Crippen molar-refractivity contribution in [3.63, 3.8) is 0 Å². The van der Waals surface area contributed by atoms with Crippen molar-refractivity contribution in [2.24, 2.45) is 5.16 Å². The summed E-state index contributed by atoms with van der Waals surface area (Å²) in [5.74, 6) is 0.263. The third-order valence-corrected chi connectivity index (χ3v) is 3.46. The number of hydrogen-bond donors (Lipinski definition) is 1. The van der Waals surface area contributed by atoms with Crippen molar-refractivity contribution < 1.29 is 19.5 Å². The second-order valence-electron chi connectivity index (χ2n) is 4.03. The molecule has 2 aromatic rings. The quantitative estimate of drug-likeness (QED) is 0.215. The van der Waals surface area contributed by atoms with E-state index in [0.717, 1.165) is 0 Å². The minimum absolute atomic E-state index is 0.335. The first kappa shape index (κ1) is 15.3. The molecule has 0 saturated heterocycles. The number of ether oxygens (including phenoxy) is 2. The van der Waals surface area contributed by atoms with Crippen LogP contribution in [0.15, 0.2) is 47.6 Å². The van der Waals surface area contributed by atoms with Crippen LogP contribution in [0, 0.1) is 3.57 Å². The lowest BCUT2D eigenvalue weighted by Gasteiger charge is -2.12. The number of benzene rings is 2. The standard InChI is InChI=1S/C15H12INO4/c1-20-13-8-10(9-17-19)7-12(16)14(13)21-15(18)11-5-3-2-4-6-11/h2-9,19H,1H3/b17-9-. The lowest BCUT2D eigenvalue weighted by atomic mass is 10.2. The van der Waals surface area contributed by atoms with E-state index in [0.29, 0.717) is 26.2 Å². The Morgan fingerprint density at radius 3 is 2.62 bits per heavy atom. The number of nitrogens with zero attached hydrogens (tertiary/aromatic N) is 1. The van der Waals surface area contributed by atoms with E-state index in [-0.39, 0.29) is 0 Å². The molecule has 2 aromatic carbocycles. The summed E-state index contributed by atoms with van der Waals surface area (Å²) in [7, 11) is 1.48. The summed E-state index contributed by atoms with van der Waals surface area (Å²) in [5, 5.41) is 11.5. The number of rotatable bonds is 4. The summed E-state index contributed by atoms with van der Waals surface area (Å²) < 4.78 is 11.3. The number of esters is 1. The van der Waals surface area contributed by atoms with Crippen molar-refractivity contribution in [2.45, 2.75) is 0 Å². The zero-order valence-electron chi connectivity index (χ0n) is 11.1. The van der Waals surface area contributed by atoms with Crippen LogP contribution in [0.3, 0.4) is 0 Å². The van der Waals surface area contributed by atoms with Crippen molar-refractivity contribution >= 4 is 34.8 Å². The highest BCUT2D eigenvalue weighted by atomic mass is 127. The van der Waals surface area contributed by atoms with Crippen molar-refractivity contribution in [2.75, 3.05) is 7.11 Å². The molecule has 0 aliphatic carbocycles.